The summed E-state index contributed by atoms with van der Waals surface area (Å²) < 4.78 is 10.1. The first-order valence-electron chi connectivity index (χ1n) is 9.08. The molecule has 0 aliphatic rings. The third-order valence-corrected chi connectivity index (χ3v) is 4.77. The highest BCUT2D eigenvalue weighted by Crippen LogP contribution is 2.24. The summed E-state index contributed by atoms with van der Waals surface area (Å²) >= 11 is 1.32. The van der Waals surface area contributed by atoms with Crippen LogP contribution in [0.15, 0.2) is 33.9 Å². The minimum absolute atomic E-state index is 0.0957. The number of aromatic nitrogens is 2. The maximum absolute atomic E-state index is 12.4. The average Bonchev–Trinajstić information content (AvgIpc) is 3.13. The Kier molecular flexibility index (Phi) is 8.66. The second-order valence-corrected chi connectivity index (χ2v) is 7.21. The van der Waals surface area contributed by atoms with Gasteiger partial charge in [-0.1, -0.05) is 23.8 Å². The van der Waals surface area contributed by atoms with Gasteiger partial charge in [-0.3, -0.25) is 9.59 Å². The fourth-order valence-corrected chi connectivity index (χ4v) is 3.09. The van der Waals surface area contributed by atoms with Crippen LogP contribution >= 0.6 is 11.8 Å². The molecule has 2 aromatic heterocycles. The van der Waals surface area contributed by atoms with Crippen molar-refractivity contribution in [2.24, 2.45) is 0 Å². The van der Waals surface area contributed by atoms with E-state index in [-0.39, 0.29) is 18.0 Å². The summed E-state index contributed by atoms with van der Waals surface area (Å²) in [6.07, 6.45) is 2.38. The van der Waals surface area contributed by atoms with Crippen LogP contribution in [-0.2, 0) is 20.1 Å². The lowest BCUT2D eigenvalue weighted by Crippen LogP contribution is -2.40. The second kappa shape index (κ2) is 11.2. The molecule has 29 heavy (non-hydrogen) atoms. The lowest BCUT2D eigenvalue weighted by Gasteiger charge is -2.16. The van der Waals surface area contributed by atoms with E-state index in [0.717, 1.165) is 12.1 Å². The highest BCUT2D eigenvalue weighted by Gasteiger charge is 2.19. The summed E-state index contributed by atoms with van der Waals surface area (Å²) in [5.74, 6) is -0.214. The van der Waals surface area contributed by atoms with Crippen molar-refractivity contribution in [2.75, 3.05) is 26.7 Å². The fraction of sp³-hybridized carbons (Fsp3) is 0.421. The van der Waals surface area contributed by atoms with Crippen LogP contribution in [-0.4, -0.2) is 59.6 Å². The first kappa shape index (κ1) is 22.4. The molecule has 156 valence electrons. The number of esters is 1. The number of carbonyl (C=O) groups is 3. The number of pyridine rings is 1. The summed E-state index contributed by atoms with van der Waals surface area (Å²) in [4.78, 5) is 41.6. The normalized spacial score (nSPS) is 10.4. The van der Waals surface area contributed by atoms with E-state index in [1.165, 1.54) is 23.7 Å². The molecule has 2 heterocycles. The van der Waals surface area contributed by atoms with Gasteiger partial charge in [0.05, 0.1) is 17.8 Å². The molecule has 0 aliphatic carbocycles. The number of amides is 2. The summed E-state index contributed by atoms with van der Waals surface area (Å²) in [5, 5.41) is 7.06. The molecule has 0 radical (unpaired) electrons. The van der Waals surface area contributed by atoms with E-state index in [0.29, 0.717) is 23.1 Å². The third kappa shape index (κ3) is 7.22. The van der Waals surface area contributed by atoms with E-state index in [1.54, 1.807) is 31.3 Å². The SMILES string of the molecule is CCCNC(=O)CN(C)C(=O)COC(=O)c1cccnc1SCc1cc(C)on1. The van der Waals surface area contributed by atoms with Crippen molar-refractivity contribution < 1.29 is 23.6 Å². The maximum Gasteiger partial charge on any atom is 0.341 e. The number of hydrogen-bond donors (Lipinski definition) is 1. The number of ether oxygens (including phenoxy) is 1. The quantitative estimate of drug-likeness (QED) is 0.457. The number of thioether (sulfide) groups is 1. The van der Waals surface area contributed by atoms with Crippen LogP contribution in [0.5, 0.6) is 0 Å². The van der Waals surface area contributed by atoms with E-state index in [9.17, 15) is 14.4 Å². The number of aryl methyl sites for hydroxylation is 1. The van der Waals surface area contributed by atoms with Crippen LogP contribution in [0.2, 0.25) is 0 Å². The van der Waals surface area contributed by atoms with Gasteiger partial charge in [-0.15, -0.1) is 0 Å². The largest absolute Gasteiger partial charge is 0.452 e. The van der Waals surface area contributed by atoms with Gasteiger partial charge in [0.25, 0.3) is 5.91 Å². The van der Waals surface area contributed by atoms with Crippen LogP contribution in [0.1, 0.15) is 35.2 Å². The number of rotatable bonds is 10. The molecule has 9 nitrogen and oxygen atoms in total. The van der Waals surface area contributed by atoms with Crippen LogP contribution in [0, 0.1) is 6.92 Å². The van der Waals surface area contributed by atoms with Gasteiger partial charge < -0.3 is 19.5 Å². The van der Waals surface area contributed by atoms with Gasteiger partial charge >= 0.3 is 5.97 Å². The van der Waals surface area contributed by atoms with Crippen LogP contribution in [0.3, 0.4) is 0 Å². The predicted molar refractivity (Wildman–Crippen MR) is 106 cm³/mol. The van der Waals surface area contributed by atoms with Crippen molar-refractivity contribution >= 4 is 29.5 Å². The Hall–Kier alpha value is -2.88. The standard InChI is InChI=1S/C19H24N4O5S/c1-4-7-20-16(24)10-23(3)17(25)11-27-19(26)15-6-5-8-21-18(15)29-12-14-9-13(2)28-22-14/h5-6,8-9H,4,7,10-12H2,1-3H3,(H,20,24). The summed E-state index contributed by atoms with van der Waals surface area (Å²) in [6.45, 7) is 3.73. The van der Waals surface area contributed by atoms with E-state index < -0.39 is 18.5 Å². The first-order valence-corrected chi connectivity index (χ1v) is 10.1. The van der Waals surface area contributed by atoms with E-state index >= 15 is 0 Å². The number of nitrogens with one attached hydrogen (secondary N) is 1. The van der Waals surface area contributed by atoms with Gasteiger partial charge in [0.15, 0.2) is 6.61 Å². The van der Waals surface area contributed by atoms with Gasteiger partial charge in [0, 0.05) is 31.6 Å². The Bertz CT molecular complexity index is 855. The molecule has 0 saturated carbocycles. The van der Waals surface area contributed by atoms with Gasteiger partial charge in [0.2, 0.25) is 5.91 Å². The minimum atomic E-state index is -0.658. The molecule has 0 saturated heterocycles. The fourth-order valence-electron chi connectivity index (χ4n) is 2.23. The molecule has 0 fully saturated rings. The van der Waals surface area contributed by atoms with E-state index in [2.05, 4.69) is 15.5 Å². The van der Waals surface area contributed by atoms with Gasteiger partial charge in [-0.25, -0.2) is 9.78 Å². The summed E-state index contributed by atoms with van der Waals surface area (Å²) in [7, 11) is 1.48. The topological polar surface area (TPSA) is 115 Å². The van der Waals surface area contributed by atoms with Crippen molar-refractivity contribution in [1.82, 2.24) is 20.4 Å². The molecule has 2 rings (SSSR count). The van der Waals surface area contributed by atoms with Crippen LogP contribution < -0.4 is 5.32 Å². The predicted octanol–water partition coefficient (Wildman–Crippen LogP) is 1.81. The Morgan fingerprint density at radius 3 is 2.83 bits per heavy atom. The molecule has 2 aromatic rings. The van der Waals surface area contributed by atoms with Crippen LogP contribution in [0.4, 0.5) is 0 Å². The second-order valence-electron chi connectivity index (χ2n) is 6.25. The zero-order valence-electron chi connectivity index (χ0n) is 16.6. The van der Waals surface area contributed by atoms with Gasteiger partial charge in [-0.2, -0.15) is 0 Å². The molecule has 0 bridgehead atoms. The van der Waals surface area contributed by atoms with Crippen molar-refractivity contribution in [2.45, 2.75) is 31.0 Å². The van der Waals surface area contributed by atoms with Gasteiger partial charge in [0.1, 0.15) is 10.8 Å². The molecule has 2 amide bonds. The molecular formula is C19H24N4O5S. The van der Waals surface area contributed by atoms with Crippen molar-refractivity contribution in [3.8, 4) is 0 Å². The highest BCUT2D eigenvalue weighted by atomic mass is 32.2. The molecule has 0 spiro atoms. The van der Waals surface area contributed by atoms with Crippen molar-refractivity contribution in [1.29, 1.82) is 0 Å². The Labute approximate surface area is 173 Å². The van der Waals surface area contributed by atoms with E-state index in [1.807, 2.05) is 6.92 Å². The molecule has 0 unspecified atom stereocenters. The monoisotopic (exact) mass is 420 g/mol. The smallest absolute Gasteiger partial charge is 0.341 e. The zero-order valence-corrected chi connectivity index (χ0v) is 17.5. The Morgan fingerprint density at radius 1 is 1.34 bits per heavy atom. The number of hydrogen-bond acceptors (Lipinski definition) is 8. The maximum atomic E-state index is 12.4. The molecular weight excluding hydrogens is 396 g/mol. The lowest BCUT2D eigenvalue weighted by atomic mass is 10.3. The zero-order chi connectivity index (χ0) is 21.2. The lowest BCUT2D eigenvalue weighted by molar-refractivity contribution is -0.137. The van der Waals surface area contributed by atoms with Crippen molar-refractivity contribution in [3.63, 3.8) is 0 Å². The molecule has 0 aromatic carbocycles. The van der Waals surface area contributed by atoms with E-state index in [4.69, 9.17) is 9.26 Å². The van der Waals surface area contributed by atoms with Gasteiger partial charge in [-0.05, 0) is 25.5 Å². The van der Waals surface area contributed by atoms with Crippen LogP contribution in [0.25, 0.3) is 0 Å². The minimum Gasteiger partial charge on any atom is -0.452 e. The summed E-state index contributed by atoms with van der Waals surface area (Å²) in [6, 6.07) is 5.00. The summed E-state index contributed by atoms with van der Waals surface area (Å²) in [5.41, 5.74) is 0.990. The van der Waals surface area contributed by atoms with Crippen molar-refractivity contribution in [3.05, 3.63) is 41.4 Å². The number of carbonyl (C=O) groups excluding carboxylic acids is 3. The number of nitrogens with zero attached hydrogens (tertiary/aromatic N) is 3. The Morgan fingerprint density at radius 2 is 2.14 bits per heavy atom. The average molecular weight is 420 g/mol. The molecule has 1 N–H and O–H groups in total. The molecule has 0 atom stereocenters. The first-order chi connectivity index (χ1) is 13.9. The number of likely N-dealkylation sites (N-methyl/N-ethyl adjacent to an activating group) is 1. The molecule has 10 heteroatoms. The Balaban J connectivity index is 1.88. The third-order valence-electron chi connectivity index (χ3n) is 3.73. The highest BCUT2D eigenvalue weighted by molar-refractivity contribution is 7.98. The molecule has 0 aliphatic heterocycles.